The first-order valence-electron chi connectivity index (χ1n) is 10.7. The molecule has 7 nitrogen and oxygen atoms in total. The second-order valence-corrected chi connectivity index (χ2v) is 8.53. The molecular weight excluding hydrogens is 442 g/mol. The van der Waals surface area contributed by atoms with Gasteiger partial charge in [-0.15, -0.1) is 0 Å². The lowest BCUT2D eigenvalue weighted by Gasteiger charge is -2.25. The molecule has 1 heterocycles. The highest BCUT2D eigenvalue weighted by molar-refractivity contribution is 6.32. The van der Waals surface area contributed by atoms with Crippen molar-refractivity contribution in [2.45, 2.75) is 46.4 Å². The van der Waals surface area contributed by atoms with E-state index in [1.807, 2.05) is 33.8 Å². The standard InChI is InChI=1S/C25H28ClN3O4/c1-15(2)29(14-22-27-20-9-7-6-8-18(20)25(31)28-22)23(30)11-10-17-12-19(26)24(33-16(3)4)21(13-17)32-5/h6-13,15-16H,14H2,1-5H3,(H,27,28,31)/b11-10+. The molecule has 0 aliphatic carbocycles. The zero-order valence-corrected chi connectivity index (χ0v) is 20.1. The van der Waals surface area contributed by atoms with Gasteiger partial charge < -0.3 is 19.4 Å². The number of hydrogen-bond donors (Lipinski definition) is 1. The van der Waals surface area contributed by atoms with Crippen LogP contribution in [0.3, 0.4) is 0 Å². The molecule has 0 saturated heterocycles. The highest BCUT2D eigenvalue weighted by atomic mass is 35.5. The predicted molar refractivity (Wildman–Crippen MR) is 131 cm³/mol. The van der Waals surface area contributed by atoms with Crippen molar-refractivity contribution in [2.75, 3.05) is 7.11 Å². The topological polar surface area (TPSA) is 84.5 Å². The van der Waals surface area contributed by atoms with Gasteiger partial charge in [-0.25, -0.2) is 4.98 Å². The number of halogens is 1. The van der Waals surface area contributed by atoms with Crippen molar-refractivity contribution in [3.8, 4) is 11.5 Å². The van der Waals surface area contributed by atoms with Crippen LogP contribution in [0.4, 0.5) is 0 Å². The zero-order valence-electron chi connectivity index (χ0n) is 19.4. The van der Waals surface area contributed by atoms with Crippen molar-refractivity contribution < 1.29 is 14.3 Å². The number of rotatable bonds is 8. The van der Waals surface area contributed by atoms with Crippen molar-refractivity contribution in [1.29, 1.82) is 0 Å². The molecule has 174 valence electrons. The van der Waals surface area contributed by atoms with Gasteiger partial charge in [0.05, 0.1) is 35.7 Å². The maximum atomic E-state index is 13.0. The molecule has 0 bridgehead atoms. The van der Waals surface area contributed by atoms with Crippen LogP contribution in [0.15, 0.2) is 47.3 Å². The Morgan fingerprint density at radius 2 is 1.94 bits per heavy atom. The number of nitrogens with one attached hydrogen (secondary N) is 1. The summed E-state index contributed by atoms with van der Waals surface area (Å²) in [5, 5.41) is 0.910. The van der Waals surface area contributed by atoms with Crippen LogP contribution in [-0.2, 0) is 11.3 Å². The molecule has 0 fully saturated rings. The molecule has 0 unspecified atom stereocenters. The summed E-state index contributed by atoms with van der Waals surface area (Å²) in [6.45, 7) is 7.79. The van der Waals surface area contributed by atoms with Crippen LogP contribution >= 0.6 is 11.6 Å². The third-order valence-electron chi connectivity index (χ3n) is 4.91. The lowest BCUT2D eigenvalue weighted by molar-refractivity contribution is -0.128. The predicted octanol–water partition coefficient (Wildman–Crippen LogP) is 4.82. The minimum Gasteiger partial charge on any atom is -0.493 e. The second-order valence-electron chi connectivity index (χ2n) is 8.12. The maximum absolute atomic E-state index is 13.0. The van der Waals surface area contributed by atoms with Gasteiger partial charge >= 0.3 is 0 Å². The van der Waals surface area contributed by atoms with E-state index in [2.05, 4.69) is 9.97 Å². The third kappa shape index (κ3) is 5.93. The highest BCUT2D eigenvalue weighted by Gasteiger charge is 2.18. The fraction of sp³-hybridized carbons (Fsp3) is 0.320. The van der Waals surface area contributed by atoms with E-state index in [9.17, 15) is 9.59 Å². The number of H-pyrrole nitrogens is 1. The Balaban J connectivity index is 1.84. The summed E-state index contributed by atoms with van der Waals surface area (Å²) in [5.74, 6) is 1.15. The summed E-state index contributed by atoms with van der Waals surface area (Å²) in [4.78, 5) is 34.3. The van der Waals surface area contributed by atoms with E-state index < -0.39 is 0 Å². The maximum Gasteiger partial charge on any atom is 0.258 e. The molecule has 8 heteroatoms. The molecule has 1 aromatic heterocycles. The molecule has 0 radical (unpaired) electrons. The SMILES string of the molecule is COc1cc(/C=C/C(=O)N(Cc2nc3ccccc3c(=O)[nH]2)C(C)C)cc(Cl)c1OC(C)C. The average Bonchev–Trinajstić information content (AvgIpc) is 2.77. The number of carbonyl (C=O) groups is 1. The Hall–Kier alpha value is -3.32. The van der Waals surface area contributed by atoms with Gasteiger partial charge in [0.1, 0.15) is 5.82 Å². The summed E-state index contributed by atoms with van der Waals surface area (Å²) in [6, 6.07) is 10.5. The van der Waals surface area contributed by atoms with Gasteiger partial charge in [-0.3, -0.25) is 9.59 Å². The molecule has 0 aliphatic rings. The fourth-order valence-corrected chi connectivity index (χ4v) is 3.60. The number of aromatic amines is 1. The number of fused-ring (bicyclic) bond motifs is 1. The van der Waals surface area contributed by atoms with Gasteiger partial charge in [-0.05, 0) is 63.6 Å². The molecule has 0 spiro atoms. The van der Waals surface area contributed by atoms with E-state index in [0.717, 1.165) is 0 Å². The van der Waals surface area contributed by atoms with Gasteiger partial charge in [-0.1, -0.05) is 23.7 Å². The van der Waals surface area contributed by atoms with Crippen molar-refractivity contribution >= 4 is 34.5 Å². The lowest BCUT2D eigenvalue weighted by atomic mass is 10.1. The zero-order chi connectivity index (χ0) is 24.1. The summed E-state index contributed by atoms with van der Waals surface area (Å²) >= 11 is 6.38. The van der Waals surface area contributed by atoms with E-state index >= 15 is 0 Å². The first-order valence-corrected chi connectivity index (χ1v) is 11.1. The van der Waals surface area contributed by atoms with Gasteiger partial charge in [-0.2, -0.15) is 0 Å². The van der Waals surface area contributed by atoms with Crippen LogP contribution in [-0.4, -0.2) is 40.0 Å². The molecule has 33 heavy (non-hydrogen) atoms. The van der Waals surface area contributed by atoms with E-state index in [1.165, 1.54) is 13.2 Å². The highest BCUT2D eigenvalue weighted by Crippen LogP contribution is 2.37. The number of aromatic nitrogens is 2. The summed E-state index contributed by atoms with van der Waals surface area (Å²) in [6.07, 6.45) is 3.07. The Morgan fingerprint density at radius 1 is 1.21 bits per heavy atom. The number of benzene rings is 2. The third-order valence-corrected chi connectivity index (χ3v) is 5.19. The first-order chi connectivity index (χ1) is 15.7. The van der Waals surface area contributed by atoms with E-state index in [0.29, 0.717) is 38.8 Å². The number of methoxy groups -OCH3 is 1. The van der Waals surface area contributed by atoms with Crippen molar-refractivity contribution in [1.82, 2.24) is 14.9 Å². The molecule has 1 N–H and O–H groups in total. The molecule has 0 saturated carbocycles. The van der Waals surface area contributed by atoms with E-state index in [4.69, 9.17) is 21.1 Å². The number of para-hydroxylation sites is 1. The number of carbonyl (C=O) groups excluding carboxylic acids is 1. The van der Waals surface area contributed by atoms with Crippen molar-refractivity contribution in [2.24, 2.45) is 0 Å². The molecule has 3 aromatic rings. The number of nitrogens with zero attached hydrogens (tertiary/aromatic N) is 2. The Bertz CT molecular complexity index is 1230. The molecule has 2 aromatic carbocycles. The van der Waals surface area contributed by atoms with Crippen LogP contribution in [0.25, 0.3) is 17.0 Å². The minimum atomic E-state index is -0.229. The summed E-state index contributed by atoms with van der Waals surface area (Å²) in [7, 11) is 1.54. The van der Waals surface area contributed by atoms with Crippen molar-refractivity contribution in [3.63, 3.8) is 0 Å². The quantitative estimate of drug-likeness (QED) is 0.478. The Morgan fingerprint density at radius 3 is 2.61 bits per heavy atom. The second kappa shape index (κ2) is 10.5. The van der Waals surface area contributed by atoms with Crippen LogP contribution in [0.5, 0.6) is 11.5 Å². The van der Waals surface area contributed by atoms with Crippen LogP contribution in [0.2, 0.25) is 5.02 Å². The monoisotopic (exact) mass is 469 g/mol. The Kier molecular flexibility index (Phi) is 7.76. The first kappa shape index (κ1) is 24.3. The van der Waals surface area contributed by atoms with Crippen LogP contribution in [0, 0.1) is 0 Å². The lowest BCUT2D eigenvalue weighted by Crippen LogP contribution is -2.36. The number of hydrogen-bond acceptors (Lipinski definition) is 5. The summed E-state index contributed by atoms with van der Waals surface area (Å²) < 4.78 is 11.1. The van der Waals surface area contributed by atoms with Gasteiger partial charge in [0.15, 0.2) is 11.5 Å². The molecular formula is C25H28ClN3O4. The van der Waals surface area contributed by atoms with E-state index in [-0.39, 0.29) is 30.2 Å². The fourth-order valence-electron chi connectivity index (χ4n) is 3.34. The van der Waals surface area contributed by atoms with Gasteiger partial charge in [0, 0.05) is 12.1 Å². The molecule has 1 amide bonds. The largest absolute Gasteiger partial charge is 0.493 e. The Labute approximate surface area is 198 Å². The number of ether oxygens (including phenoxy) is 2. The van der Waals surface area contributed by atoms with Gasteiger partial charge in [0.2, 0.25) is 5.91 Å². The van der Waals surface area contributed by atoms with Crippen LogP contribution in [0.1, 0.15) is 39.1 Å². The van der Waals surface area contributed by atoms with Crippen LogP contribution < -0.4 is 15.0 Å². The average molecular weight is 470 g/mol. The normalized spacial score (nSPS) is 11.5. The molecule has 3 rings (SSSR count). The van der Waals surface area contributed by atoms with Gasteiger partial charge in [0.25, 0.3) is 5.56 Å². The molecule has 0 atom stereocenters. The minimum absolute atomic E-state index is 0.0610. The van der Waals surface area contributed by atoms with E-state index in [1.54, 1.807) is 41.3 Å². The summed E-state index contributed by atoms with van der Waals surface area (Å²) in [5.41, 5.74) is 1.06. The smallest absolute Gasteiger partial charge is 0.258 e. The number of amides is 1. The molecule has 0 aliphatic heterocycles. The van der Waals surface area contributed by atoms with Crippen molar-refractivity contribution in [3.05, 3.63) is 69.2 Å².